The highest BCUT2D eigenvalue weighted by Gasteiger charge is 2.23. The van der Waals surface area contributed by atoms with E-state index in [4.69, 9.17) is 28.4 Å². The Hall–Kier alpha value is -3.74. The average molecular weight is 426 g/mol. The summed E-state index contributed by atoms with van der Waals surface area (Å²) in [6.07, 6.45) is 0. The van der Waals surface area contributed by atoms with Gasteiger partial charge in [-0.05, 0) is 24.3 Å². The Kier molecular flexibility index (Phi) is 6.65. The summed E-state index contributed by atoms with van der Waals surface area (Å²) in [6.45, 7) is 0. The number of phenols is 1. The predicted molar refractivity (Wildman–Crippen MR) is 118 cm³/mol. The molecular weight excluding hydrogens is 400 g/mol. The quantitative estimate of drug-likeness (QED) is 0.556. The number of hydrogen-bond donors (Lipinski definition) is 1. The van der Waals surface area contributed by atoms with E-state index in [9.17, 15) is 5.11 Å². The molecule has 0 aliphatic rings. The minimum absolute atomic E-state index is 0.0195. The molecule has 0 atom stereocenters. The maximum absolute atomic E-state index is 11.3. The standard InChI is InChI=1S/C24H26O7/c1-26-14-7-8-17(20(11-14)29-4)18-9-15(27-2)10-19(24(18)25)23-21(30-5)12-16(28-3)13-22(23)31-6/h7-13,25H,1-6H3. The third-order valence-corrected chi connectivity index (χ3v) is 5.00. The van der Waals surface area contributed by atoms with Crippen LogP contribution in [0.1, 0.15) is 0 Å². The first-order chi connectivity index (χ1) is 15.0. The Morgan fingerprint density at radius 1 is 0.484 bits per heavy atom. The molecule has 3 rings (SSSR count). The van der Waals surface area contributed by atoms with Gasteiger partial charge in [0.15, 0.2) is 0 Å². The fourth-order valence-electron chi connectivity index (χ4n) is 3.41. The first kappa shape index (κ1) is 22.0. The number of hydrogen-bond acceptors (Lipinski definition) is 7. The molecule has 0 aliphatic heterocycles. The zero-order chi connectivity index (χ0) is 22.5. The van der Waals surface area contributed by atoms with E-state index in [1.54, 1.807) is 79.1 Å². The number of benzene rings is 3. The van der Waals surface area contributed by atoms with Crippen molar-refractivity contribution in [1.29, 1.82) is 0 Å². The monoisotopic (exact) mass is 426 g/mol. The van der Waals surface area contributed by atoms with Crippen molar-refractivity contribution in [1.82, 2.24) is 0 Å². The Balaban J connectivity index is 2.33. The van der Waals surface area contributed by atoms with Gasteiger partial charge >= 0.3 is 0 Å². The molecule has 0 bridgehead atoms. The summed E-state index contributed by atoms with van der Waals surface area (Å²) >= 11 is 0. The highest BCUT2D eigenvalue weighted by atomic mass is 16.5. The Morgan fingerprint density at radius 3 is 1.48 bits per heavy atom. The zero-order valence-electron chi connectivity index (χ0n) is 18.4. The molecule has 0 amide bonds. The third-order valence-electron chi connectivity index (χ3n) is 5.00. The van der Waals surface area contributed by atoms with Crippen LogP contribution >= 0.6 is 0 Å². The van der Waals surface area contributed by atoms with Crippen molar-refractivity contribution >= 4 is 0 Å². The predicted octanol–water partition coefficient (Wildman–Crippen LogP) is 4.78. The molecule has 0 aromatic heterocycles. The van der Waals surface area contributed by atoms with Crippen LogP contribution in [0, 0.1) is 0 Å². The van der Waals surface area contributed by atoms with Crippen molar-refractivity contribution in [3.05, 3.63) is 42.5 Å². The largest absolute Gasteiger partial charge is 0.507 e. The molecule has 3 aromatic rings. The van der Waals surface area contributed by atoms with Crippen molar-refractivity contribution in [2.24, 2.45) is 0 Å². The molecule has 0 aliphatic carbocycles. The summed E-state index contributed by atoms with van der Waals surface area (Å²) in [4.78, 5) is 0. The number of aromatic hydroxyl groups is 1. The molecule has 7 nitrogen and oxygen atoms in total. The van der Waals surface area contributed by atoms with E-state index in [1.165, 1.54) is 0 Å². The van der Waals surface area contributed by atoms with E-state index in [1.807, 2.05) is 6.07 Å². The summed E-state index contributed by atoms with van der Waals surface area (Å²) in [5.41, 5.74) is 2.24. The van der Waals surface area contributed by atoms with Crippen LogP contribution in [-0.4, -0.2) is 47.8 Å². The average Bonchev–Trinajstić information content (AvgIpc) is 2.82. The highest BCUT2D eigenvalue weighted by molar-refractivity contribution is 5.90. The molecule has 0 fully saturated rings. The van der Waals surface area contributed by atoms with Gasteiger partial charge in [0.2, 0.25) is 0 Å². The minimum atomic E-state index is 0.0195. The SMILES string of the molecule is COc1ccc(-c2cc(OC)cc(-c3c(OC)cc(OC)cc3OC)c2O)c(OC)c1. The Morgan fingerprint density at radius 2 is 0.968 bits per heavy atom. The molecule has 31 heavy (non-hydrogen) atoms. The molecule has 0 saturated heterocycles. The molecule has 0 spiro atoms. The number of methoxy groups -OCH3 is 6. The second-order valence-corrected chi connectivity index (χ2v) is 6.54. The van der Waals surface area contributed by atoms with Crippen LogP contribution < -0.4 is 28.4 Å². The lowest BCUT2D eigenvalue weighted by atomic mass is 9.94. The van der Waals surface area contributed by atoms with Crippen LogP contribution in [0.2, 0.25) is 0 Å². The molecule has 0 unspecified atom stereocenters. The summed E-state index contributed by atoms with van der Waals surface area (Å²) < 4.78 is 32.8. The summed E-state index contributed by atoms with van der Waals surface area (Å²) in [7, 11) is 9.35. The smallest absolute Gasteiger partial charge is 0.134 e. The lowest BCUT2D eigenvalue weighted by molar-refractivity contribution is 0.377. The van der Waals surface area contributed by atoms with Gasteiger partial charge < -0.3 is 33.5 Å². The first-order valence-corrected chi connectivity index (χ1v) is 9.45. The highest BCUT2D eigenvalue weighted by Crippen LogP contribution is 2.50. The van der Waals surface area contributed by atoms with Crippen LogP contribution in [0.15, 0.2) is 42.5 Å². The van der Waals surface area contributed by atoms with Gasteiger partial charge in [0.1, 0.15) is 40.2 Å². The van der Waals surface area contributed by atoms with Gasteiger partial charge in [-0.15, -0.1) is 0 Å². The molecule has 0 radical (unpaired) electrons. The molecule has 164 valence electrons. The first-order valence-electron chi connectivity index (χ1n) is 9.45. The maximum atomic E-state index is 11.3. The molecule has 0 heterocycles. The van der Waals surface area contributed by atoms with Crippen LogP contribution in [0.25, 0.3) is 22.3 Å². The van der Waals surface area contributed by atoms with E-state index >= 15 is 0 Å². The fraction of sp³-hybridized carbons (Fsp3) is 0.250. The van der Waals surface area contributed by atoms with Crippen molar-refractivity contribution in [2.75, 3.05) is 42.7 Å². The van der Waals surface area contributed by atoms with E-state index in [-0.39, 0.29) is 5.75 Å². The molecule has 1 N–H and O–H groups in total. The van der Waals surface area contributed by atoms with Gasteiger partial charge in [-0.3, -0.25) is 0 Å². The maximum Gasteiger partial charge on any atom is 0.134 e. The molecular formula is C24H26O7. The van der Waals surface area contributed by atoms with Crippen LogP contribution in [-0.2, 0) is 0 Å². The lowest BCUT2D eigenvalue weighted by Crippen LogP contribution is -1.97. The van der Waals surface area contributed by atoms with Crippen molar-refractivity contribution in [2.45, 2.75) is 0 Å². The van der Waals surface area contributed by atoms with Crippen molar-refractivity contribution in [3.8, 4) is 62.5 Å². The van der Waals surface area contributed by atoms with Crippen LogP contribution in [0.4, 0.5) is 0 Å². The number of rotatable bonds is 8. The lowest BCUT2D eigenvalue weighted by Gasteiger charge is -2.19. The van der Waals surface area contributed by atoms with E-state index < -0.39 is 0 Å². The summed E-state index contributed by atoms with van der Waals surface area (Å²) in [5, 5.41) is 11.3. The van der Waals surface area contributed by atoms with E-state index in [2.05, 4.69) is 0 Å². The number of phenolic OH excluding ortho intramolecular Hbond substituents is 1. The van der Waals surface area contributed by atoms with Crippen LogP contribution in [0.5, 0.6) is 40.2 Å². The number of ether oxygens (including phenoxy) is 6. The third kappa shape index (κ3) is 4.12. The van der Waals surface area contributed by atoms with E-state index in [0.717, 1.165) is 0 Å². The summed E-state index contributed by atoms with van der Waals surface area (Å²) in [5.74, 6) is 3.27. The summed E-state index contributed by atoms with van der Waals surface area (Å²) in [6, 6.07) is 12.3. The molecule has 7 heteroatoms. The van der Waals surface area contributed by atoms with Gasteiger partial charge in [-0.2, -0.15) is 0 Å². The zero-order valence-corrected chi connectivity index (χ0v) is 18.4. The minimum Gasteiger partial charge on any atom is -0.507 e. The second-order valence-electron chi connectivity index (χ2n) is 6.54. The van der Waals surface area contributed by atoms with Crippen molar-refractivity contribution < 1.29 is 33.5 Å². The van der Waals surface area contributed by atoms with E-state index in [0.29, 0.717) is 56.8 Å². The normalized spacial score (nSPS) is 10.4. The molecule has 3 aromatic carbocycles. The fourth-order valence-corrected chi connectivity index (χ4v) is 3.41. The van der Waals surface area contributed by atoms with Gasteiger partial charge in [-0.25, -0.2) is 0 Å². The topological polar surface area (TPSA) is 75.6 Å². The van der Waals surface area contributed by atoms with Gasteiger partial charge in [0, 0.05) is 34.9 Å². The van der Waals surface area contributed by atoms with Gasteiger partial charge in [0.25, 0.3) is 0 Å². The van der Waals surface area contributed by atoms with Gasteiger partial charge in [0.05, 0.1) is 48.2 Å². The second kappa shape index (κ2) is 9.38. The van der Waals surface area contributed by atoms with Crippen molar-refractivity contribution in [3.63, 3.8) is 0 Å². The van der Waals surface area contributed by atoms with Crippen LogP contribution in [0.3, 0.4) is 0 Å². The Labute approximate surface area is 181 Å². The Bertz CT molecular complexity index is 1050. The molecule has 0 saturated carbocycles. The van der Waals surface area contributed by atoms with Gasteiger partial charge in [-0.1, -0.05) is 0 Å².